The lowest BCUT2D eigenvalue weighted by Crippen LogP contribution is -2.17. The SMILES string of the molecule is CCOC(=O)C=Cc1cc(C(C)(C)C)c(OC)c2c1CCCC2. The Bertz CT molecular complexity index is 606. The summed E-state index contributed by atoms with van der Waals surface area (Å²) >= 11 is 0. The predicted molar refractivity (Wildman–Crippen MR) is 94.0 cm³/mol. The Morgan fingerprint density at radius 3 is 2.43 bits per heavy atom. The van der Waals surface area contributed by atoms with Crippen LogP contribution in [0.2, 0.25) is 0 Å². The van der Waals surface area contributed by atoms with Crippen LogP contribution in [0.4, 0.5) is 0 Å². The highest BCUT2D eigenvalue weighted by atomic mass is 16.5. The molecule has 23 heavy (non-hydrogen) atoms. The molecule has 0 bridgehead atoms. The standard InChI is InChI=1S/C20H28O3/c1-6-23-18(21)12-11-14-13-17(20(2,3)4)19(22-5)16-10-8-7-9-15(14)16/h11-13H,6-10H2,1-5H3. The molecule has 1 aliphatic carbocycles. The number of carbonyl (C=O) groups is 1. The number of methoxy groups -OCH3 is 1. The van der Waals surface area contributed by atoms with Gasteiger partial charge in [-0.1, -0.05) is 20.8 Å². The molecule has 0 unspecified atom stereocenters. The number of carbonyl (C=O) groups excluding carboxylic acids is 1. The molecule has 0 aliphatic heterocycles. The maximum atomic E-state index is 11.7. The van der Waals surface area contributed by atoms with Gasteiger partial charge in [0.15, 0.2) is 0 Å². The Morgan fingerprint density at radius 2 is 1.87 bits per heavy atom. The van der Waals surface area contributed by atoms with Gasteiger partial charge in [-0.25, -0.2) is 4.79 Å². The van der Waals surface area contributed by atoms with Crippen molar-refractivity contribution in [2.24, 2.45) is 0 Å². The van der Waals surface area contributed by atoms with Crippen LogP contribution < -0.4 is 4.74 Å². The highest BCUT2D eigenvalue weighted by Crippen LogP contribution is 2.41. The maximum Gasteiger partial charge on any atom is 0.330 e. The van der Waals surface area contributed by atoms with Crippen molar-refractivity contribution in [1.29, 1.82) is 0 Å². The van der Waals surface area contributed by atoms with Crippen LogP contribution in [0, 0.1) is 0 Å². The Hall–Kier alpha value is -1.77. The summed E-state index contributed by atoms with van der Waals surface area (Å²) in [5.41, 5.74) is 4.95. The fraction of sp³-hybridized carbons (Fsp3) is 0.550. The molecular weight excluding hydrogens is 288 g/mol. The lowest BCUT2D eigenvalue weighted by Gasteiger charge is -2.29. The first-order valence-corrected chi connectivity index (χ1v) is 8.46. The molecule has 1 aromatic rings. The third kappa shape index (κ3) is 3.95. The number of hydrogen-bond donors (Lipinski definition) is 0. The first kappa shape index (κ1) is 17.6. The van der Waals surface area contributed by atoms with Crippen LogP contribution in [0.25, 0.3) is 6.08 Å². The van der Waals surface area contributed by atoms with E-state index in [0.29, 0.717) is 6.61 Å². The van der Waals surface area contributed by atoms with Crippen LogP contribution in [-0.2, 0) is 27.8 Å². The van der Waals surface area contributed by atoms with Gasteiger partial charge in [0.1, 0.15) is 5.75 Å². The van der Waals surface area contributed by atoms with Crippen LogP contribution in [0.15, 0.2) is 12.1 Å². The predicted octanol–water partition coefficient (Wildman–Crippen LogP) is 4.45. The minimum Gasteiger partial charge on any atom is -0.496 e. The largest absolute Gasteiger partial charge is 0.496 e. The second kappa shape index (κ2) is 7.20. The first-order valence-electron chi connectivity index (χ1n) is 8.46. The topological polar surface area (TPSA) is 35.5 Å². The van der Waals surface area contributed by atoms with Gasteiger partial charge in [0.2, 0.25) is 0 Å². The molecule has 0 amide bonds. The van der Waals surface area contributed by atoms with Gasteiger partial charge in [-0.05, 0) is 66.9 Å². The van der Waals surface area contributed by atoms with Crippen molar-refractivity contribution in [2.45, 2.75) is 58.8 Å². The molecule has 0 saturated heterocycles. The van der Waals surface area contributed by atoms with Gasteiger partial charge in [-0.2, -0.15) is 0 Å². The second-order valence-electron chi connectivity index (χ2n) is 7.05. The average Bonchev–Trinajstić information content (AvgIpc) is 2.51. The molecular formula is C20H28O3. The van der Waals surface area contributed by atoms with Gasteiger partial charge in [0.05, 0.1) is 13.7 Å². The monoisotopic (exact) mass is 316 g/mol. The van der Waals surface area contributed by atoms with E-state index in [9.17, 15) is 4.79 Å². The molecule has 0 radical (unpaired) electrons. The summed E-state index contributed by atoms with van der Waals surface area (Å²) in [6, 6.07) is 2.18. The Balaban J connectivity index is 2.55. The fourth-order valence-electron chi connectivity index (χ4n) is 3.23. The summed E-state index contributed by atoms with van der Waals surface area (Å²) < 4.78 is 10.8. The lowest BCUT2D eigenvalue weighted by molar-refractivity contribution is -0.137. The smallest absolute Gasteiger partial charge is 0.330 e. The van der Waals surface area contributed by atoms with E-state index in [1.54, 1.807) is 7.11 Å². The highest BCUT2D eigenvalue weighted by molar-refractivity contribution is 5.87. The van der Waals surface area contributed by atoms with E-state index in [1.807, 2.05) is 13.0 Å². The second-order valence-corrected chi connectivity index (χ2v) is 7.05. The van der Waals surface area contributed by atoms with Crippen LogP contribution in [-0.4, -0.2) is 19.7 Å². The minimum absolute atomic E-state index is 0.00959. The van der Waals surface area contributed by atoms with Crippen LogP contribution in [0.3, 0.4) is 0 Å². The molecule has 1 aliphatic rings. The summed E-state index contributed by atoms with van der Waals surface area (Å²) in [6.07, 6.45) is 7.90. The number of rotatable bonds is 4. The lowest BCUT2D eigenvalue weighted by atomic mass is 9.78. The summed E-state index contributed by atoms with van der Waals surface area (Å²) in [5, 5.41) is 0. The number of esters is 1. The Labute approximate surface area is 139 Å². The molecule has 0 saturated carbocycles. The van der Waals surface area contributed by atoms with Crippen molar-refractivity contribution in [3.8, 4) is 5.75 Å². The normalized spacial score (nSPS) is 14.7. The van der Waals surface area contributed by atoms with Crippen LogP contribution in [0.1, 0.15) is 62.8 Å². The molecule has 0 N–H and O–H groups in total. The van der Waals surface area contributed by atoms with Gasteiger partial charge in [-0.3, -0.25) is 0 Å². The summed E-state index contributed by atoms with van der Waals surface area (Å²) in [5.74, 6) is 0.741. The van der Waals surface area contributed by atoms with Crippen molar-refractivity contribution < 1.29 is 14.3 Å². The molecule has 1 aromatic carbocycles. The molecule has 126 valence electrons. The quantitative estimate of drug-likeness (QED) is 0.608. The summed E-state index contributed by atoms with van der Waals surface area (Å²) in [6.45, 7) is 8.80. The summed E-state index contributed by atoms with van der Waals surface area (Å²) in [4.78, 5) is 11.7. The Kier molecular flexibility index (Phi) is 5.51. The number of ether oxygens (including phenoxy) is 2. The molecule has 0 spiro atoms. The molecule has 3 heteroatoms. The van der Waals surface area contributed by atoms with Gasteiger partial charge < -0.3 is 9.47 Å². The van der Waals surface area contributed by atoms with Crippen molar-refractivity contribution in [1.82, 2.24) is 0 Å². The van der Waals surface area contributed by atoms with Crippen molar-refractivity contribution in [3.63, 3.8) is 0 Å². The third-order valence-corrected chi connectivity index (χ3v) is 4.33. The van der Waals surface area contributed by atoms with E-state index in [-0.39, 0.29) is 11.4 Å². The summed E-state index contributed by atoms with van der Waals surface area (Å²) in [7, 11) is 1.76. The van der Waals surface area contributed by atoms with Crippen molar-refractivity contribution >= 4 is 12.0 Å². The van der Waals surface area contributed by atoms with Gasteiger partial charge in [-0.15, -0.1) is 0 Å². The van der Waals surface area contributed by atoms with E-state index in [4.69, 9.17) is 9.47 Å². The maximum absolute atomic E-state index is 11.7. The zero-order valence-electron chi connectivity index (χ0n) is 15.0. The Morgan fingerprint density at radius 1 is 1.22 bits per heavy atom. The zero-order valence-corrected chi connectivity index (χ0v) is 15.0. The molecule has 2 rings (SSSR count). The molecule has 0 heterocycles. The average molecular weight is 316 g/mol. The van der Waals surface area contributed by atoms with Crippen molar-refractivity contribution in [3.05, 3.63) is 34.4 Å². The van der Waals surface area contributed by atoms with E-state index < -0.39 is 0 Å². The third-order valence-electron chi connectivity index (χ3n) is 4.33. The van der Waals surface area contributed by atoms with Gasteiger partial charge in [0.25, 0.3) is 0 Å². The van der Waals surface area contributed by atoms with Gasteiger partial charge in [0, 0.05) is 11.6 Å². The van der Waals surface area contributed by atoms with Crippen molar-refractivity contribution in [2.75, 3.05) is 13.7 Å². The highest BCUT2D eigenvalue weighted by Gasteiger charge is 2.26. The van der Waals surface area contributed by atoms with E-state index >= 15 is 0 Å². The molecule has 0 aromatic heterocycles. The van der Waals surface area contributed by atoms with Gasteiger partial charge >= 0.3 is 5.97 Å². The fourth-order valence-corrected chi connectivity index (χ4v) is 3.23. The van der Waals surface area contributed by atoms with E-state index in [1.165, 1.54) is 35.6 Å². The van der Waals surface area contributed by atoms with Crippen LogP contribution >= 0.6 is 0 Å². The molecule has 0 fully saturated rings. The van der Waals surface area contributed by atoms with Crippen LogP contribution in [0.5, 0.6) is 5.75 Å². The number of benzene rings is 1. The van der Waals surface area contributed by atoms with E-state index in [2.05, 4.69) is 26.8 Å². The number of fused-ring (bicyclic) bond motifs is 1. The number of hydrogen-bond acceptors (Lipinski definition) is 3. The zero-order chi connectivity index (χ0) is 17.0. The molecule has 0 atom stereocenters. The van der Waals surface area contributed by atoms with E-state index in [0.717, 1.165) is 24.2 Å². The minimum atomic E-state index is -0.287. The first-order chi connectivity index (χ1) is 10.9. The molecule has 3 nitrogen and oxygen atoms in total.